The quantitative estimate of drug-likeness (QED) is 0.803. The molecular weight excluding hydrogens is 310 g/mol. The summed E-state index contributed by atoms with van der Waals surface area (Å²) >= 11 is 0. The Kier molecular flexibility index (Phi) is 4.32. The van der Waals surface area contributed by atoms with Crippen LogP contribution in [0.4, 0.5) is 0 Å². The third kappa shape index (κ3) is 2.74. The van der Waals surface area contributed by atoms with E-state index in [4.69, 9.17) is 14.0 Å². The van der Waals surface area contributed by atoms with Crippen molar-refractivity contribution in [1.82, 2.24) is 15.0 Å². The molecule has 0 radical (unpaired) electrons. The molecular formula is C17H25N3O4. The van der Waals surface area contributed by atoms with E-state index in [1.54, 1.807) is 6.92 Å². The molecule has 0 unspecified atom stereocenters. The van der Waals surface area contributed by atoms with Gasteiger partial charge in [-0.3, -0.25) is 9.69 Å². The summed E-state index contributed by atoms with van der Waals surface area (Å²) in [6.07, 6.45) is 2.24. The summed E-state index contributed by atoms with van der Waals surface area (Å²) in [5, 5.41) is 3.91. The van der Waals surface area contributed by atoms with Gasteiger partial charge in [-0.2, -0.15) is 0 Å². The number of nitrogens with zero attached hydrogens (tertiary/aromatic N) is 3. The molecule has 0 aliphatic carbocycles. The number of hydrogen-bond donors (Lipinski definition) is 0. The van der Waals surface area contributed by atoms with Gasteiger partial charge in [-0.25, -0.2) is 0 Å². The van der Waals surface area contributed by atoms with Crippen LogP contribution < -0.4 is 0 Å². The van der Waals surface area contributed by atoms with Gasteiger partial charge in [0.2, 0.25) is 0 Å². The van der Waals surface area contributed by atoms with Gasteiger partial charge in [-0.15, -0.1) is 0 Å². The Morgan fingerprint density at radius 2 is 1.96 bits per heavy atom. The average molecular weight is 335 g/mol. The molecule has 3 aliphatic rings. The fourth-order valence-corrected chi connectivity index (χ4v) is 4.30. The summed E-state index contributed by atoms with van der Waals surface area (Å²) < 4.78 is 16.6. The highest BCUT2D eigenvalue weighted by Gasteiger charge is 2.44. The monoisotopic (exact) mass is 335 g/mol. The predicted molar refractivity (Wildman–Crippen MR) is 86.0 cm³/mol. The van der Waals surface area contributed by atoms with Crippen molar-refractivity contribution >= 4 is 5.91 Å². The van der Waals surface area contributed by atoms with E-state index < -0.39 is 0 Å². The zero-order chi connectivity index (χ0) is 16.7. The number of carbonyl (C=O) groups is 1. The fraction of sp³-hybridized carbons (Fsp3) is 0.765. The second kappa shape index (κ2) is 6.46. The van der Waals surface area contributed by atoms with Crippen molar-refractivity contribution in [2.75, 3.05) is 39.5 Å². The number of ether oxygens (including phenoxy) is 2. The Morgan fingerprint density at radius 3 is 2.67 bits per heavy atom. The summed E-state index contributed by atoms with van der Waals surface area (Å²) in [7, 11) is 0. The molecule has 4 heterocycles. The number of rotatable bonds is 2. The molecule has 24 heavy (non-hydrogen) atoms. The van der Waals surface area contributed by atoms with Crippen molar-refractivity contribution in [3.8, 4) is 0 Å². The van der Waals surface area contributed by atoms with Gasteiger partial charge in [0.15, 0.2) is 0 Å². The van der Waals surface area contributed by atoms with Gasteiger partial charge in [-0.1, -0.05) is 5.16 Å². The van der Waals surface area contributed by atoms with E-state index in [1.165, 1.54) is 0 Å². The van der Waals surface area contributed by atoms with E-state index in [0.717, 1.165) is 39.2 Å². The SMILES string of the molecule is Cc1noc(C)c1C(=O)N1C[C@@H]2OCCN(C3CCOCC3)[C@@H]2C1. The zero-order valence-electron chi connectivity index (χ0n) is 14.4. The molecule has 0 saturated carbocycles. The Hall–Kier alpha value is -1.44. The smallest absolute Gasteiger partial charge is 0.259 e. The summed E-state index contributed by atoms with van der Waals surface area (Å²) in [4.78, 5) is 17.4. The van der Waals surface area contributed by atoms with E-state index in [-0.39, 0.29) is 18.1 Å². The number of fused-ring (bicyclic) bond motifs is 1. The third-order valence-corrected chi connectivity index (χ3v) is 5.54. The van der Waals surface area contributed by atoms with Crippen LogP contribution in [0.5, 0.6) is 0 Å². The predicted octanol–water partition coefficient (Wildman–Crippen LogP) is 0.996. The number of aromatic nitrogens is 1. The van der Waals surface area contributed by atoms with Gasteiger partial charge in [0, 0.05) is 38.9 Å². The topological polar surface area (TPSA) is 68.0 Å². The lowest BCUT2D eigenvalue weighted by molar-refractivity contribution is -0.0807. The van der Waals surface area contributed by atoms with Crippen molar-refractivity contribution in [3.05, 3.63) is 17.0 Å². The second-order valence-corrected chi connectivity index (χ2v) is 6.97. The van der Waals surface area contributed by atoms with Gasteiger partial charge in [0.25, 0.3) is 5.91 Å². The van der Waals surface area contributed by atoms with E-state index >= 15 is 0 Å². The van der Waals surface area contributed by atoms with Crippen LogP contribution in [0, 0.1) is 13.8 Å². The highest BCUT2D eigenvalue weighted by atomic mass is 16.5. The first-order valence-corrected chi connectivity index (χ1v) is 8.82. The number of carbonyl (C=O) groups excluding carboxylic acids is 1. The van der Waals surface area contributed by atoms with Crippen molar-refractivity contribution < 1.29 is 18.8 Å². The highest BCUT2D eigenvalue weighted by molar-refractivity contribution is 5.96. The Labute approximate surface area is 141 Å². The van der Waals surface area contributed by atoms with Crippen LogP contribution in [0.3, 0.4) is 0 Å². The number of hydrogen-bond acceptors (Lipinski definition) is 6. The molecule has 0 spiro atoms. The molecule has 1 aromatic rings. The molecule has 3 saturated heterocycles. The highest BCUT2D eigenvalue weighted by Crippen LogP contribution is 2.29. The van der Waals surface area contributed by atoms with Gasteiger partial charge in [-0.05, 0) is 26.7 Å². The molecule has 0 N–H and O–H groups in total. The Bertz CT molecular complexity index is 591. The first-order valence-electron chi connectivity index (χ1n) is 8.82. The van der Waals surface area contributed by atoms with Crippen LogP contribution in [0.2, 0.25) is 0 Å². The van der Waals surface area contributed by atoms with Crippen LogP contribution in [0.25, 0.3) is 0 Å². The maximum absolute atomic E-state index is 12.9. The summed E-state index contributed by atoms with van der Waals surface area (Å²) in [5.74, 6) is 0.603. The van der Waals surface area contributed by atoms with Gasteiger partial charge in [0.1, 0.15) is 11.3 Å². The van der Waals surface area contributed by atoms with Crippen LogP contribution in [0.15, 0.2) is 4.52 Å². The molecule has 1 amide bonds. The number of likely N-dealkylation sites (tertiary alicyclic amines) is 1. The lowest BCUT2D eigenvalue weighted by Gasteiger charge is -2.43. The summed E-state index contributed by atoms with van der Waals surface area (Å²) in [6.45, 7) is 8.32. The molecule has 1 aromatic heterocycles. The lowest BCUT2D eigenvalue weighted by Crippen LogP contribution is -2.56. The number of aryl methyl sites for hydroxylation is 2. The molecule has 3 aliphatic heterocycles. The normalized spacial score (nSPS) is 29.0. The molecule has 0 aromatic carbocycles. The van der Waals surface area contributed by atoms with Crippen molar-refractivity contribution in [2.45, 2.75) is 44.9 Å². The standard InChI is InChI=1S/C17H25N3O4/c1-11-16(12(2)24-18-11)17(21)19-9-14-15(10-19)23-8-5-20(14)13-3-6-22-7-4-13/h13-15H,3-10H2,1-2H3/t14-,15+/m1/s1. The van der Waals surface area contributed by atoms with Crippen LogP contribution in [-0.4, -0.2) is 78.5 Å². The average Bonchev–Trinajstić information content (AvgIpc) is 3.18. The first kappa shape index (κ1) is 16.1. The third-order valence-electron chi connectivity index (χ3n) is 5.54. The number of morpholine rings is 1. The van der Waals surface area contributed by atoms with Crippen LogP contribution >= 0.6 is 0 Å². The minimum atomic E-state index is 0.0103. The zero-order valence-corrected chi connectivity index (χ0v) is 14.4. The molecule has 0 bridgehead atoms. The minimum Gasteiger partial charge on any atom is -0.381 e. The molecule has 132 valence electrons. The van der Waals surface area contributed by atoms with Crippen molar-refractivity contribution in [3.63, 3.8) is 0 Å². The fourth-order valence-electron chi connectivity index (χ4n) is 4.30. The van der Waals surface area contributed by atoms with Crippen molar-refractivity contribution in [1.29, 1.82) is 0 Å². The van der Waals surface area contributed by atoms with E-state index in [9.17, 15) is 4.79 Å². The van der Waals surface area contributed by atoms with Gasteiger partial charge < -0.3 is 18.9 Å². The molecule has 7 heteroatoms. The van der Waals surface area contributed by atoms with Gasteiger partial charge >= 0.3 is 0 Å². The van der Waals surface area contributed by atoms with E-state index in [1.807, 2.05) is 11.8 Å². The Morgan fingerprint density at radius 1 is 1.17 bits per heavy atom. The van der Waals surface area contributed by atoms with E-state index in [2.05, 4.69) is 10.1 Å². The second-order valence-electron chi connectivity index (χ2n) is 6.97. The summed E-state index contributed by atoms with van der Waals surface area (Å²) in [5.41, 5.74) is 1.26. The first-order chi connectivity index (χ1) is 11.6. The maximum Gasteiger partial charge on any atom is 0.259 e. The number of amides is 1. The Balaban J connectivity index is 1.50. The van der Waals surface area contributed by atoms with Crippen LogP contribution in [-0.2, 0) is 9.47 Å². The maximum atomic E-state index is 12.9. The van der Waals surface area contributed by atoms with Gasteiger partial charge in [0.05, 0.1) is 24.4 Å². The lowest BCUT2D eigenvalue weighted by atomic mass is 10.0. The summed E-state index contributed by atoms with van der Waals surface area (Å²) in [6, 6.07) is 0.829. The molecule has 2 atom stereocenters. The van der Waals surface area contributed by atoms with E-state index in [0.29, 0.717) is 36.1 Å². The van der Waals surface area contributed by atoms with Crippen molar-refractivity contribution in [2.24, 2.45) is 0 Å². The largest absolute Gasteiger partial charge is 0.381 e. The molecule has 7 nitrogen and oxygen atoms in total. The van der Waals surface area contributed by atoms with Crippen LogP contribution in [0.1, 0.15) is 34.7 Å². The minimum absolute atomic E-state index is 0.0103. The molecule has 4 rings (SSSR count). The molecule has 3 fully saturated rings.